The Bertz CT molecular complexity index is 674. The van der Waals surface area contributed by atoms with Gasteiger partial charge in [-0.15, -0.1) is 10.2 Å². The lowest BCUT2D eigenvalue weighted by Gasteiger charge is -2.05. The van der Waals surface area contributed by atoms with Gasteiger partial charge in [0.05, 0.1) is 0 Å². The number of nitrogens with two attached hydrogens (primary N) is 1. The van der Waals surface area contributed by atoms with Gasteiger partial charge in [-0.2, -0.15) is 0 Å². The molecule has 0 bridgehead atoms. The number of amides is 1. The number of hydrogen-bond donors (Lipinski definition) is 2. The van der Waals surface area contributed by atoms with Crippen molar-refractivity contribution < 1.29 is 14.3 Å². The van der Waals surface area contributed by atoms with E-state index in [-0.39, 0.29) is 12.7 Å². The number of nitrogen functional groups attached to an aromatic ring is 1. The van der Waals surface area contributed by atoms with Crippen LogP contribution >= 0.6 is 11.3 Å². The molecule has 0 radical (unpaired) electrons. The summed E-state index contributed by atoms with van der Waals surface area (Å²) in [5, 5.41) is 11.8. The summed E-state index contributed by atoms with van der Waals surface area (Å²) in [7, 11) is 0. The fourth-order valence-corrected chi connectivity index (χ4v) is 2.73. The summed E-state index contributed by atoms with van der Waals surface area (Å²) in [6, 6.07) is 5.74. The second-order valence-corrected chi connectivity index (χ2v) is 5.92. The van der Waals surface area contributed by atoms with Crippen LogP contribution < -0.4 is 20.5 Å². The number of fused-ring (bicyclic) bond motifs is 1. The van der Waals surface area contributed by atoms with Crippen LogP contribution in [0.1, 0.15) is 17.0 Å². The molecule has 2 heterocycles. The van der Waals surface area contributed by atoms with Crippen molar-refractivity contribution in [2.75, 3.05) is 19.1 Å². The van der Waals surface area contributed by atoms with Crippen LogP contribution in [-0.4, -0.2) is 29.4 Å². The molecule has 3 N–H and O–H groups in total. The standard InChI is InChI=1S/C14H16N4O3S/c15-14-18-17-13(22-14)5-6-16-12(19)4-2-9-1-3-10-11(7-9)21-8-20-10/h1,3,7H,2,4-6,8H2,(H2,15,18)(H,16,19). The van der Waals surface area contributed by atoms with E-state index in [1.54, 1.807) is 0 Å². The Balaban J connectivity index is 1.40. The Kier molecular flexibility index (Phi) is 4.38. The summed E-state index contributed by atoms with van der Waals surface area (Å²) in [4.78, 5) is 11.8. The molecule has 0 spiro atoms. The van der Waals surface area contributed by atoms with Crippen molar-refractivity contribution in [3.8, 4) is 11.5 Å². The van der Waals surface area contributed by atoms with Crippen LogP contribution in [0, 0.1) is 0 Å². The molecule has 7 nitrogen and oxygen atoms in total. The first kappa shape index (κ1) is 14.6. The van der Waals surface area contributed by atoms with Gasteiger partial charge in [0, 0.05) is 19.4 Å². The van der Waals surface area contributed by atoms with E-state index in [1.807, 2.05) is 18.2 Å². The molecule has 0 unspecified atom stereocenters. The van der Waals surface area contributed by atoms with Crippen LogP contribution in [0.2, 0.25) is 0 Å². The van der Waals surface area contributed by atoms with Gasteiger partial charge in [-0.1, -0.05) is 17.4 Å². The minimum atomic E-state index is 0.00940. The molecule has 0 saturated carbocycles. The number of rotatable bonds is 6. The molecule has 0 aliphatic carbocycles. The summed E-state index contributed by atoms with van der Waals surface area (Å²) in [6.45, 7) is 0.796. The number of aromatic nitrogens is 2. The van der Waals surface area contributed by atoms with Crippen molar-refractivity contribution in [3.63, 3.8) is 0 Å². The topological polar surface area (TPSA) is 99.4 Å². The van der Waals surface area contributed by atoms with E-state index in [0.717, 1.165) is 22.1 Å². The quantitative estimate of drug-likeness (QED) is 0.828. The van der Waals surface area contributed by atoms with Crippen LogP contribution in [0.4, 0.5) is 5.13 Å². The molecular formula is C14H16N4O3S. The number of benzene rings is 1. The third-order valence-corrected chi connectivity index (χ3v) is 4.03. The summed E-state index contributed by atoms with van der Waals surface area (Å²) in [5.74, 6) is 1.51. The summed E-state index contributed by atoms with van der Waals surface area (Å²) >= 11 is 1.34. The molecular weight excluding hydrogens is 304 g/mol. The largest absolute Gasteiger partial charge is 0.454 e. The lowest BCUT2D eigenvalue weighted by Crippen LogP contribution is -2.25. The van der Waals surface area contributed by atoms with Crippen molar-refractivity contribution >= 4 is 22.4 Å². The predicted molar refractivity (Wildman–Crippen MR) is 81.9 cm³/mol. The van der Waals surface area contributed by atoms with E-state index >= 15 is 0 Å². The first-order valence-electron chi connectivity index (χ1n) is 6.94. The second kappa shape index (κ2) is 6.61. The van der Waals surface area contributed by atoms with Crippen LogP contribution in [0.25, 0.3) is 0 Å². The molecule has 0 saturated heterocycles. The number of carbonyl (C=O) groups is 1. The number of anilines is 1. The van der Waals surface area contributed by atoms with E-state index < -0.39 is 0 Å². The lowest BCUT2D eigenvalue weighted by atomic mass is 10.1. The third-order valence-electron chi connectivity index (χ3n) is 3.22. The maximum Gasteiger partial charge on any atom is 0.231 e. The van der Waals surface area contributed by atoms with Gasteiger partial charge in [-0.3, -0.25) is 4.79 Å². The van der Waals surface area contributed by atoms with E-state index in [9.17, 15) is 4.79 Å². The summed E-state index contributed by atoms with van der Waals surface area (Å²) in [6.07, 6.45) is 1.73. The Morgan fingerprint density at radius 3 is 2.95 bits per heavy atom. The second-order valence-electron chi connectivity index (χ2n) is 4.82. The Labute approximate surface area is 131 Å². The number of nitrogens with zero attached hydrogens (tertiary/aromatic N) is 2. The maximum absolute atomic E-state index is 11.8. The summed E-state index contributed by atoms with van der Waals surface area (Å²) in [5.41, 5.74) is 6.55. The zero-order chi connectivity index (χ0) is 15.4. The fourth-order valence-electron chi connectivity index (χ4n) is 2.12. The first-order chi connectivity index (χ1) is 10.7. The van der Waals surface area contributed by atoms with Gasteiger partial charge in [0.2, 0.25) is 17.8 Å². The first-order valence-corrected chi connectivity index (χ1v) is 7.75. The molecule has 1 aliphatic rings. The molecule has 2 aromatic rings. The van der Waals surface area contributed by atoms with Crippen LogP contribution in [0.15, 0.2) is 18.2 Å². The molecule has 3 rings (SSSR count). The van der Waals surface area contributed by atoms with Gasteiger partial charge < -0.3 is 20.5 Å². The zero-order valence-corrected chi connectivity index (χ0v) is 12.7. The molecule has 0 fully saturated rings. The number of nitrogens with one attached hydrogen (secondary N) is 1. The van der Waals surface area contributed by atoms with Crippen molar-refractivity contribution in [1.29, 1.82) is 0 Å². The van der Waals surface area contributed by atoms with Gasteiger partial charge >= 0.3 is 0 Å². The van der Waals surface area contributed by atoms with Crippen molar-refractivity contribution in [1.82, 2.24) is 15.5 Å². The molecule has 8 heteroatoms. The van der Waals surface area contributed by atoms with E-state index in [2.05, 4.69) is 15.5 Å². The number of carbonyl (C=O) groups excluding carboxylic acids is 1. The van der Waals surface area contributed by atoms with Crippen LogP contribution in [0.3, 0.4) is 0 Å². The van der Waals surface area contributed by atoms with Gasteiger partial charge in [0.25, 0.3) is 0 Å². The molecule has 1 aromatic carbocycles. The van der Waals surface area contributed by atoms with Crippen molar-refractivity contribution in [2.24, 2.45) is 0 Å². The van der Waals surface area contributed by atoms with Gasteiger partial charge in [-0.05, 0) is 24.1 Å². The Hall–Kier alpha value is -2.35. The number of aryl methyl sites for hydroxylation is 1. The van der Waals surface area contributed by atoms with Gasteiger partial charge in [-0.25, -0.2) is 0 Å². The van der Waals surface area contributed by atoms with E-state index in [4.69, 9.17) is 15.2 Å². The highest BCUT2D eigenvalue weighted by Gasteiger charge is 2.13. The molecule has 0 atom stereocenters. The smallest absolute Gasteiger partial charge is 0.231 e. The number of ether oxygens (including phenoxy) is 2. The molecule has 1 aromatic heterocycles. The maximum atomic E-state index is 11.8. The van der Waals surface area contributed by atoms with Gasteiger partial charge in [0.15, 0.2) is 11.5 Å². The average molecular weight is 320 g/mol. The van der Waals surface area contributed by atoms with Crippen LogP contribution in [-0.2, 0) is 17.6 Å². The normalized spacial score (nSPS) is 12.4. The van der Waals surface area contributed by atoms with Gasteiger partial charge in [0.1, 0.15) is 5.01 Å². The molecule has 116 valence electrons. The Morgan fingerprint density at radius 2 is 2.14 bits per heavy atom. The fraction of sp³-hybridized carbons (Fsp3) is 0.357. The Morgan fingerprint density at radius 1 is 1.27 bits per heavy atom. The highest BCUT2D eigenvalue weighted by molar-refractivity contribution is 7.15. The highest BCUT2D eigenvalue weighted by atomic mass is 32.1. The van der Waals surface area contributed by atoms with E-state index in [0.29, 0.717) is 30.9 Å². The van der Waals surface area contributed by atoms with Crippen molar-refractivity contribution in [3.05, 3.63) is 28.8 Å². The average Bonchev–Trinajstić information content (AvgIpc) is 3.13. The molecule has 22 heavy (non-hydrogen) atoms. The molecule has 1 amide bonds. The minimum Gasteiger partial charge on any atom is -0.454 e. The monoisotopic (exact) mass is 320 g/mol. The predicted octanol–water partition coefficient (Wildman–Crippen LogP) is 1.14. The SMILES string of the molecule is Nc1nnc(CCNC(=O)CCc2ccc3c(c2)OCO3)s1. The summed E-state index contributed by atoms with van der Waals surface area (Å²) < 4.78 is 10.6. The number of hydrogen-bond acceptors (Lipinski definition) is 7. The lowest BCUT2D eigenvalue weighted by molar-refractivity contribution is -0.121. The van der Waals surface area contributed by atoms with Crippen molar-refractivity contribution in [2.45, 2.75) is 19.3 Å². The molecule has 1 aliphatic heterocycles. The highest BCUT2D eigenvalue weighted by Crippen LogP contribution is 2.32. The van der Waals surface area contributed by atoms with Crippen LogP contribution in [0.5, 0.6) is 11.5 Å². The van der Waals surface area contributed by atoms with E-state index in [1.165, 1.54) is 11.3 Å². The zero-order valence-electron chi connectivity index (χ0n) is 11.9. The third kappa shape index (κ3) is 3.64. The minimum absolute atomic E-state index is 0.00940.